The van der Waals surface area contributed by atoms with Crippen LogP contribution in [0.15, 0.2) is 0 Å². The third kappa shape index (κ3) is 12.5. The van der Waals surface area contributed by atoms with Crippen molar-refractivity contribution < 1.29 is 43.7 Å². The number of nitrogens with zero attached hydrogens (tertiary/aromatic N) is 1. The molecule has 0 aromatic rings. The Morgan fingerprint density at radius 1 is 0.870 bits per heavy atom. The molecule has 1 aliphatic heterocycles. The Hall–Kier alpha value is -3.26. The van der Waals surface area contributed by atoms with Crippen molar-refractivity contribution in [3.05, 3.63) is 0 Å². The van der Waals surface area contributed by atoms with Gasteiger partial charge in [-0.2, -0.15) is 0 Å². The molecule has 0 radical (unpaired) electrons. The van der Waals surface area contributed by atoms with Crippen LogP contribution < -0.4 is 21.3 Å². The lowest BCUT2D eigenvalue weighted by Gasteiger charge is -2.34. The summed E-state index contributed by atoms with van der Waals surface area (Å²) in [6, 6.07) is -5.15. The van der Waals surface area contributed by atoms with Crippen LogP contribution in [0.25, 0.3) is 0 Å². The fourth-order valence-electron chi connectivity index (χ4n) is 5.25. The molecular weight excluding hydrogens is 598 g/mol. The molecule has 1 heterocycles. The maximum atomic E-state index is 13.9. The predicted molar refractivity (Wildman–Crippen MR) is 171 cm³/mol. The number of ether oxygens (including phenoxy) is 1. The SMILES string of the molecule is CCCCCC[C@H]1OC(=O)CNC(=O)[C@@H]([C@@H](C)O)NC(=O)[C@H](CO)NC(=O)[C@H]([C@@H](C)CC)NC(=O)[C@H](CC(C)C)N(C)C(=O)[C@@H]1C. The van der Waals surface area contributed by atoms with Crippen LogP contribution >= 0.6 is 0 Å². The van der Waals surface area contributed by atoms with E-state index in [4.69, 9.17) is 4.74 Å². The quantitative estimate of drug-likeness (QED) is 0.134. The van der Waals surface area contributed by atoms with Gasteiger partial charge in [-0.1, -0.05) is 67.2 Å². The largest absolute Gasteiger partial charge is 0.460 e. The fraction of sp³-hybridized carbons (Fsp3) is 0.812. The first-order valence-electron chi connectivity index (χ1n) is 16.5. The van der Waals surface area contributed by atoms with Crippen molar-refractivity contribution in [3.8, 4) is 0 Å². The Kier molecular flexibility index (Phi) is 17.8. The Balaban J connectivity index is 3.62. The smallest absolute Gasteiger partial charge is 0.325 e. The highest BCUT2D eigenvalue weighted by molar-refractivity contribution is 5.96. The molecule has 0 unspecified atom stereocenters. The second-order valence-electron chi connectivity index (χ2n) is 12.8. The van der Waals surface area contributed by atoms with Crippen molar-refractivity contribution in [1.29, 1.82) is 0 Å². The molecule has 0 saturated carbocycles. The third-order valence-corrected chi connectivity index (χ3v) is 8.46. The Bertz CT molecular complexity index is 1040. The monoisotopic (exact) mass is 655 g/mol. The molecule has 0 spiro atoms. The number of carbonyl (C=O) groups is 6. The van der Waals surface area contributed by atoms with E-state index in [0.29, 0.717) is 19.3 Å². The number of hydrogen-bond donors (Lipinski definition) is 6. The number of nitrogens with one attached hydrogen (secondary N) is 4. The van der Waals surface area contributed by atoms with Crippen LogP contribution in [0, 0.1) is 17.8 Å². The topological polar surface area (TPSA) is 203 Å². The number of esters is 1. The molecule has 0 aromatic heterocycles. The Morgan fingerprint density at radius 3 is 2.04 bits per heavy atom. The Labute approximate surface area is 273 Å². The second-order valence-corrected chi connectivity index (χ2v) is 12.8. The van der Waals surface area contributed by atoms with Gasteiger partial charge in [0.1, 0.15) is 36.8 Å². The van der Waals surface area contributed by atoms with Crippen molar-refractivity contribution >= 4 is 35.5 Å². The predicted octanol–water partition coefficient (Wildman–Crippen LogP) is 0.381. The summed E-state index contributed by atoms with van der Waals surface area (Å²) >= 11 is 0. The molecule has 14 nitrogen and oxygen atoms in total. The van der Waals surface area contributed by atoms with Gasteiger partial charge in [0.15, 0.2) is 0 Å². The highest BCUT2D eigenvalue weighted by Gasteiger charge is 2.38. The van der Waals surface area contributed by atoms with Gasteiger partial charge in [0.25, 0.3) is 0 Å². The van der Waals surface area contributed by atoms with Crippen LogP contribution in [-0.4, -0.2) is 107 Å². The maximum Gasteiger partial charge on any atom is 0.325 e. The number of aliphatic hydroxyl groups is 2. The molecule has 5 amide bonds. The molecular formula is C32H57N5O9. The Morgan fingerprint density at radius 2 is 1.50 bits per heavy atom. The fourth-order valence-corrected chi connectivity index (χ4v) is 5.25. The first-order valence-corrected chi connectivity index (χ1v) is 16.5. The van der Waals surface area contributed by atoms with Gasteiger partial charge >= 0.3 is 5.97 Å². The molecule has 46 heavy (non-hydrogen) atoms. The van der Waals surface area contributed by atoms with E-state index in [9.17, 15) is 39.0 Å². The van der Waals surface area contributed by atoms with Crippen LogP contribution in [0.4, 0.5) is 0 Å². The van der Waals surface area contributed by atoms with Crippen molar-refractivity contribution in [2.45, 2.75) is 130 Å². The minimum atomic E-state index is -1.53. The molecule has 8 atom stereocenters. The number of cyclic esters (lactones) is 1. The number of hydrogen-bond acceptors (Lipinski definition) is 9. The number of rotatable bonds is 11. The van der Waals surface area contributed by atoms with Gasteiger partial charge in [-0.05, 0) is 38.0 Å². The lowest BCUT2D eigenvalue weighted by atomic mass is 9.94. The van der Waals surface area contributed by atoms with Crippen LogP contribution in [0.2, 0.25) is 0 Å². The van der Waals surface area contributed by atoms with Gasteiger partial charge in [0.05, 0.1) is 18.6 Å². The van der Waals surface area contributed by atoms with Crippen molar-refractivity contribution in [1.82, 2.24) is 26.2 Å². The summed E-state index contributed by atoms with van der Waals surface area (Å²) in [5, 5.41) is 30.0. The lowest BCUT2D eigenvalue weighted by Crippen LogP contribution is -2.61. The summed E-state index contributed by atoms with van der Waals surface area (Å²) in [5.74, 6) is -5.66. The number of unbranched alkanes of at least 4 members (excludes halogenated alkanes) is 3. The molecule has 0 bridgehead atoms. The summed E-state index contributed by atoms with van der Waals surface area (Å²) in [7, 11) is 1.50. The molecule has 14 heteroatoms. The van der Waals surface area contributed by atoms with Gasteiger partial charge in [0.2, 0.25) is 29.5 Å². The van der Waals surface area contributed by atoms with Crippen molar-refractivity contribution in [2.75, 3.05) is 20.2 Å². The van der Waals surface area contributed by atoms with E-state index >= 15 is 0 Å². The zero-order valence-electron chi connectivity index (χ0n) is 28.8. The van der Waals surface area contributed by atoms with Crippen LogP contribution in [0.3, 0.4) is 0 Å². The summed E-state index contributed by atoms with van der Waals surface area (Å²) in [6.07, 6.45) is 2.37. The first-order chi connectivity index (χ1) is 21.6. The van der Waals surface area contributed by atoms with Crippen molar-refractivity contribution in [3.63, 3.8) is 0 Å². The average Bonchev–Trinajstić information content (AvgIpc) is 3.01. The zero-order chi connectivity index (χ0) is 35.1. The zero-order valence-corrected chi connectivity index (χ0v) is 28.8. The first kappa shape index (κ1) is 40.8. The van der Waals surface area contributed by atoms with Gasteiger partial charge in [-0.15, -0.1) is 0 Å². The second kappa shape index (κ2) is 20.1. The lowest BCUT2D eigenvalue weighted by molar-refractivity contribution is -0.157. The highest BCUT2D eigenvalue weighted by Crippen LogP contribution is 2.22. The van der Waals surface area contributed by atoms with Crippen LogP contribution in [0.5, 0.6) is 0 Å². The number of carbonyl (C=O) groups excluding carboxylic acids is 6. The van der Waals surface area contributed by atoms with Gasteiger partial charge < -0.3 is 41.1 Å². The minimum Gasteiger partial charge on any atom is -0.460 e. The molecule has 1 saturated heterocycles. The van der Waals surface area contributed by atoms with Crippen molar-refractivity contribution in [2.24, 2.45) is 17.8 Å². The maximum absolute atomic E-state index is 13.9. The third-order valence-electron chi connectivity index (χ3n) is 8.46. The number of likely N-dealkylation sites (N-methyl/N-ethyl adjacent to an activating group) is 1. The summed E-state index contributed by atoms with van der Waals surface area (Å²) in [5.41, 5.74) is 0. The molecule has 1 fully saturated rings. The van der Waals surface area contributed by atoms with E-state index in [1.54, 1.807) is 13.8 Å². The molecule has 0 aliphatic carbocycles. The number of amides is 5. The average molecular weight is 656 g/mol. The van der Waals surface area contributed by atoms with E-state index in [2.05, 4.69) is 28.2 Å². The molecule has 264 valence electrons. The summed E-state index contributed by atoms with van der Waals surface area (Å²) in [6.45, 7) is 10.9. The molecule has 1 aliphatic rings. The number of aliphatic hydroxyl groups excluding tert-OH is 2. The highest BCUT2D eigenvalue weighted by atomic mass is 16.5. The van der Waals surface area contributed by atoms with Gasteiger partial charge in [-0.25, -0.2) is 0 Å². The molecule has 1 rings (SSSR count). The molecule has 6 N–H and O–H groups in total. The summed E-state index contributed by atoms with van der Waals surface area (Å²) < 4.78 is 5.71. The van der Waals surface area contributed by atoms with E-state index in [0.717, 1.165) is 19.3 Å². The van der Waals surface area contributed by atoms with E-state index in [1.807, 2.05) is 20.8 Å². The van der Waals surface area contributed by atoms with Gasteiger partial charge in [-0.3, -0.25) is 28.8 Å². The van der Waals surface area contributed by atoms with Gasteiger partial charge in [0, 0.05) is 7.05 Å². The molecule has 0 aromatic carbocycles. The van der Waals surface area contributed by atoms with E-state index in [-0.39, 0.29) is 12.3 Å². The minimum absolute atomic E-state index is 0.00519. The standard InChI is InChI=1S/C32H57N5O9/c1-9-11-12-13-14-24-20(6)32(45)37(8)23(15-18(3)4)29(42)35-26(19(5)10-2)31(44)34-22(17-38)28(41)36-27(21(7)39)30(43)33-16-25(40)46-24/h18-24,26-27,38-39H,9-17H2,1-8H3,(H,33,43)(H,34,44)(H,35,42)(H,36,41)/t19-,20+,21+,22-,23-,24+,26-,27+/m0/s1. The van der Waals surface area contributed by atoms with E-state index < -0.39 is 96.9 Å². The van der Waals surface area contributed by atoms with Crippen LogP contribution in [-0.2, 0) is 33.5 Å². The van der Waals surface area contributed by atoms with Crippen LogP contribution in [0.1, 0.15) is 93.4 Å². The van der Waals surface area contributed by atoms with E-state index in [1.165, 1.54) is 18.9 Å². The normalized spacial score (nSPS) is 27.8. The summed E-state index contributed by atoms with van der Waals surface area (Å²) in [4.78, 5) is 81.3.